The molecule has 4 nitrogen and oxygen atoms in total. The van der Waals surface area contributed by atoms with Crippen LogP contribution in [0.4, 0.5) is 5.13 Å². The number of aliphatic hydroxyl groups excluding tert-OH is 1. The minimum Gasteiger partial charge on any atom is -0.391 e. The number of likely N-dealkylation sites (N-methyl/N-ethyl adjacent to an activating group) is 1. The van der Waals surface area contributed by atoms with Gasteiger partial charge in [-0.25, -0.2) is 4.98 Å². The second-order valence-corrected chi connectivity index (χ2v) is 6.20. The van der Waals surface area contributed by atoms with E-state index in [0.717, 1.165) is 23.1 Å². The molecule has 1 fully saturated rings. The molecule has 2 atom stereocenters. The summed E-state index contributed by atoms with van der Waals surface area (Å²) in [5.74, 6) is 0.616. The van der Waals surface area contributed by atoms with Crippen molar-refractivity contribution in [2.24, 2.45) is 5.92 Å². The lowest BCUT2D eigenvalue weighted by molar-refractivity contribution is 0.266. The molecular formula is C11H18ClN3OS. The van der Waals surface area contributed by atoms with E-state index in [2.05, 4.69) is 35.8 Å². The number of hydrogen-bond donors (Lipinski definition) is 1. The third-order valence-corrected chi connectivity index (χ3v) is 4.81. The van der Waals surface area contributed by atoms with Gasteiger partial charge in [-0.05, 0) is 20.0 Å². The number of aliphatic hydroxyl groups is 1. The molecule has 1 aromatic heterocycles. The summed E-state index contributed by atoms with van der Waals surface area (Å²) in [7, 11) is 4.22. The van der Waals surface area contributed by atoms with Gasteiger partial charge in [0.2, 0.25) is 0 Å². The van der Waals surface area contributed by atoms with E-state index in [0.29, 0.717) is 17.1 Å². The fourth-order valence-corrected chi connectivity index (χ4v) is 3.47. The van der Waals surface area contributed by atoms with Gasteiger partial charge < -0.3 is 14.9 Å². The maximum Gasteiger partial charge on any atom is 0.187 e. The molecule has 0 radical (unpaired) electrons. The second-order valence-electron chi connectivity index (χ2n) is 4.78. The van der Waals surface area contributed by atoms with Crippen molar-refractivity contribution in [2.75, 3.05) is 32.1 Å². The van der Waals surface area contributed by atoms with Crippen molar-refractivity contribution in [1.82, 2.24) is 9.88 Å². The Morgan fingerprint density at radius 2 is 2.24 bits per heavy atom. The smallest absolute Gasteiger partial charge is 0.187 e. The van der Waals surface area contributed by atoms with Gasteiger partial charge in [-0.1, -0.05) is 29.9 Å². The molecule has 17 heavy (non-hydrogen) atoms. The van der Waals surface area contributed by atoms with Gasteiger partial charge in [0.15, 0.2) is 5.13 Å². The highest BCUT2D eigenvalue weighted by Crippen LogP contribution is 2.33. The van der Waals surface area contributed by atoms with Crippen LogP contribution in [-0.2, 0) is 6.61 Å². The molecule has 1 aliphatic heterocycles. The summed E-state index contributed by atoms with van der Waals surface area (Å²) in [6.07, 6.45) is 0. The zero-order chi connectivity index (χ0) is 12.6. The number of anilines is 1. The van der Waals surface area contributed by atoms with E-state index in [9.17, 15) is 0 Å². The molecule has 0 aromatic carbocycles. The fraction of sp³-hybridized carbons (Fsp3) is 0.727. The van der Waals surface area contributed by atoms with Crippen molar-refractivity contribution in [3.8, 4) is 0 Å². The molecule has 96 valence electrons. The van der Waals surface area contributed by atoms with Gasteiger partial charge in [0, 0.05) is 19.1 Å². The van der Waals surface area contributed by atoms with Crippen LogP contribution in [0.1, 0.15) is 11.8 Å². The van der Waals surface area contributed by atoms with Crippen molar-refractivity contribution in [3.63, 3.8) is 0 Å². The van der Waals surface area contributed by atoms with Crippen LogP contribution in [0.2, 0.25) is 5.15 Å². The van der Waals surface area contributed by atoms with E-state index in [4.69, 9.17) is 16.7 Å². The zero-order valence-corrected chi connectivity index (χ0v) is 11.9. The molecule has 0 aliphatic carbocycles. The van der Waals surface area contributed by atoms with Crippen molar-refractivity contribution in [1.29, 1.82) is 0 Å². The van der Waals surface area contributed by atoms with Gasteiger partial charge in [0.25, 0.3) is 0 Å². The summed E-state index contributed by atoms with van der Waals surface area (Å²) in [4.78, 5) is 9.59. The zero-order valence-electron chi connectivity index (χ0n) is 10.4. The highest BCUT2D eigenvalue weighted by Gasteiger charge is 2.32. The predicted octanol–water partition coefficient (Wildman–Crippen LogP) is 1.68. The van der Waals surface area contributed by atoms with Crippen molar-refractivity contribution < 1.29 is 5.11 Å². The predicted molar refractivity (Wildman–Crippen MR) is 71.9 cm³/mol. The van der Waals surface area contributed by atoms with Gasteiger partial charge in [0.05, 0.1) is 11.5 Å². The van der Waals surface area contributed by atoms with Crippen LogP contribution in [0.5, 0.6) is 0 Å². The maximum atomic E-state index is 9.13. The van der Waals surface area contributed by atoms with Gasteiger partial charge in [0.1, 0.15) is 5.15 Å². The molecule has 1 saturated heterocycles. The first-order valence-electron chi connectivity index (χ1n) is 5.70. The molecule has 0 saturated carbocycles. The summed E-state index contributed by atoms with van der Waals surface area (Å²) >= 11 is 7.45. The van der Waals surface area contributed by atoms with Crippen LogP contribution < -0.4 is 4.90 Å². The third-order valence-electron chi connectivity index (χ3n) is 3.29. The average Bonchev–Trinajstić information content (AvgIpc) is 2.81. The Labute approximate surface area is 111 Å². The molecule has 0 spiro atoms. The van der Waals surface area contributed by atoms with Crippen LogP contribution in [0, 0.1) is 5.92 Å². The van der Waals surface area contributed by atoms with Gasteiger partial charge >= 0.3 is 0 Å². The first kappa shape index (κ1) is 13.1. The fourth-order valence-electron chi connectivity index (χ4n) is 2.33. The van der Waals surface area contributed by atoms with Crippen LogP contribution in [-0.4, -0.2) is 48.2 Å². The van der Waals surface area contributed by atoms with Crippen LogP contribution in [0.25, 0.3) is 0 Å². The number of hydrogen-bond acceptors (Lipinski definition) is 5. The highest BCUT2D eigenvalue weighted by atomic mass is 35.5. The van der Waals surface area contributed by atoms with Crippen molar-refractivity contribution >= 4 is 28.1 Å². The summed E-state index contributed by atoms with van der Waals surface area (Å²) in [5.41, 5.74) is 0. The Bertz CT molecular complexity index is 396. The van der Waals surface area contributed by atoms with Crippen molar-refractivity contribution in [2.45, 2.75) is 19.6 Å². The molecule has 2 rings (SSSR count). The standard InChI is InChI=1S/C11H18ClN3OS/c1-7-4-15(5-8(7)14(2)3)11-13-10(12)9(6-16)17-11/h7-8,16H,4-6H2,1-3H3. The van der Waals surface area contributed by atoms with Gasteiger partial charge in [-0.15, -0.1) is 0 Å². The molecule has 0 bridgehead atoms. The summed E-state index contributed by atoms with van der Waals surface area (Å²) in [5, 5.41) is 10.5. The number of aromatic nitrogens is 1. The number of rotatable bonds is 3. The second kappa shape index (κ2) is 5.10. The molecule has 1 N–H and O–H groups in total. The van der Waals surface area contributed by atoms with Gasteiger partial charge in [-0.3, -0.25) is 0 Å². The first-order chi connectivity index (χ1) is 8.02. The minimum atomic E-state index is -0.0308. The van der Waals surface area contributed by atoms with E-state index in [-0.39, 0.29) is 6.61 Å². The van der Waals surface area contributed by atoms with Crippen LogP contribution in [0.15, 0.2) is 0 Å². The van der Waals surface area contributed by atoms with Crippen LogP contribution in [0.3, 0.4) is 0 Å². The summed E-state index contributed by atoms with van der Waals surface area (Å²) in [6.45, 7) is 4.20. The average molecular weight is 276 g/mol. The Hall–Kier alpha value is -0.360. The van der Waals surface area contributed by atoms with E-state index in [1.165, 1.54) is 11.3 Å². The lowest BCUT2D eigenvalue weighted by Gasteiger charge is -2.22. The largest absolute Gasteiger partial charge is 0.391 e. The molecule has 1 aliphatic rings. The van der Waals surface area contributed by atoms with E-state index >= 15 is 0 Å². The van der Waals surface area contributed by atoms with Crippen LogP contribution >= 0.6 is 22.9 Å². The quantitative estimate of drug-likeness (QED) is 0.911. The van der Waals surface area contributed by atoms with Crippen molar-refractivity contribution in [3.05, 3.63) is 10.0 Å². The number of nitrogens with zero attached hydrogens (tertiary/aromatic N) is 3. The van der Waals surface area contributed by atoms with E-state index in [1.807, 2.05) is 0 Å². The minimum absolute atomic E-state index is 0.0308. The normalized spacial score (nSPS) is 24.9. The van der Waals surface area contributed by atoms with Gasteiger partial charge in [-0.2, -0.15) is 0 Å². The molecule has 0 amide bonds. The third kappa shape index (κ3) is 2.57. The molecular weight excluding hydrogens is 258 g/mol. The first-order valence-corrected chi connectivity index (χ1v) is 6.89. The monoisotopic (exact) mass is 275 g/mol. The Balaban J connectivity index is 2.14. The topological polar surface area (TPSA) is 39.6 Å². The van der Waals surface area contributed by atoms with E-state index < -0.39 is 0 Å². The number of thiazole rings is 1. The molecule has 1 aromatic rings. The lowest BCUT2D eigenvalue weighted by Crippen LogP contribution is -2.34. The Morgan fingerprint density at radius 1 is 1.53 bits per heavy atom. The molecule has 2 unspecified atom stereocenters. The molecule has 6 heteroatoms. The number of halogens is 1. The van der Waals surface area contributed by atoms with E-state index in [1.54, 1.807) is 0 Å². The Kier molecular flexibility index (Phi) is 3.92. The lowest BCUT2D eigenvalue weighted by atomic mass is 10.1. The summed E-state index contributed by atoms with van der Waals surface area (Å²) < 4.78 is 0. The highest BCUT2D eigenvalue weighted by molar-refractivity contribution is 7.16. The SMILES string of the molecule is CC1CN(c2nc(Cl)c(CO)s2)CC1N(C)C. The summed E-state index contributed by atoms with van der Waals surface area (Å²) in [6, 6.07) is 0.551. The molecule has 2 heterocycles. The maximum absolute atomic E-state index is 9.13. The Morgan fingerprint density at radius 3 is 2.71 bits per heavy atom.